The molecule has 5 rings (SSSR count). The lowest BCUT2D eigenvalue weighted by Gasteiger charge is -2.34. The van der Waals surface area contributed by atoms with Gasteiger partial charge in [-0.1, -0.05) is 48.5 Å². The fourth-order valence-electron chi connectivity index (χ4n) is 4.59. The normalized spacial score (nSPS) is 13.7. The molecule has 0 atom stereocenters. The van der Waals surface area contributed by atoms with E-state index in [0.717, 1.165) is 25.8 Å². The summed E-state index contributed by atoms with van der Waals surface area (Å²) in [5.41, 5.74) is 6.10. The van der Waals surface area contributed by atoms with Crippen LogP contribution in [-0.2, 0) is 5.41 Å². The lowest BCUT2D eigenvalue weighted by Crippen LogP contribution is -2.29. The van der Waals surface area contributed by atoms with Gasteiger partial charge in [0.25, 0.3) is 0 Å². The van der Waals surface area contributed by atoms with Gasteiger partial charge in [-0.15, -0.1) is 0 Å². The van der Waals surface area contributed by atoms with E-state index in [1.807, 2.05) is 24.3 Å². The predicted molar refractivity (Wildman–Crippen MR) is 143 cm³/mol. The van der Waals surface area contributed by atoms with Crippen LogP contribution < -0.4 is 0 Å². The largest absolute Gasteiger partial charge is 0.506 e. The number of fused-ring (bicyclic) bond motifs is 3. The molecule has 0 saturated heterocycles. The highest BCUT2D eigenvalue weighted by Gasteiger charge is 2.46. The van der Waals surface area contributed by atoms with E-state index < -0.39 is 5.41 Å². The molecular formula is C25H14Br3IO2. The molecule has 1 aliphatic carbocycles. The Morgan fingerprint density at radius 1 is 0.613 bits per heavy atom. The van der Waals surface area contributed by atoms with Gasteiger partial charge in [-0.2, -0.15) is 0 Å². The van der Waals surface area contributed by atoms with Crippen molar-refractivity contribution in [2.24, 2.45) is 0 Å². The van der Waals surface area contributed by atoms with Crippen LogP contribution in [0, 0.1) is 3.57 Å². The second-order valence-corrected chi connectivity index (χ2v) is 11.1. The van der Waals surface area contributed by atoms with Gasteiger partial charge in [0.05, 0.1) is 22.4 Å². The molecule has 0 bridgehead atoms. The topological polar surface area (TPSA) is 40.5 Å². The first kappa shape index (κ1) is 21.5. The van der Waals surface area contributed by atoms with Crippen LogP contribution in [0.4, 0.5) is 0 Å². The van der Waals surface area contributed by atoms with E-state index in [1.165, 1.54) is 11.1 Å². The smallest absolute Gasteiger partial charge is 0.143 e. The maximum Gasteiger partial charge on any atom is 0.143 e. The predicted octanol–water partition coefficient (Wildman–Crippen LogP) is 8.35. The molecule has 0 heterocycles. The van der Waals surface area contributed by atoms with Crippen molar-refractivity contribution in [1.82, 2.24) is 0 Å². The Balaban J connectivity index is 2.00. The average Bonchev–Trinajstić information content (AvgIpc) is 3.06. The van der Waals surface area contributed by atoms with Gasteiger partial charge in [-0.05, 0) is 128 Å². The summed E-state index contributed by atoms with van der Waals surface area (Å²) < 4.78 is 2.64. The molecule has 154 valence electrons. The highest BCUT2D eigenvalue weighted by Crippen LogP contribution is 2.57. The molecule has 0 saturated carbocycles. The molecule has 2 N–H and O–H groups in total. The minimum atomic E-state index is -0.623. The second kappa shape index (κ2) is 7.90. The number of phenolic OH excluding ortho intramolecular Hbond substituents is 2. The highest BCUT2D eigenvalue weighted by atomic mass is 127. The quantitative estimate of drug-likeness (QED) is 0.181. The number of benzene rings is 4. The van der Waals surface area contributed by atoms with Crippen LogP contribution in [-0.4, -0.2) is 10.2 Å². The van der Waals surface area contributed by atoms with E-state index in [-0.39, 0.29) is 11.5 Å². The van der Waals surface area contributed by atoms with E-state index in [4.69, 9.17) is 0 Å². The van der Waals surface area contributed by atoms with Crippen LogP contribution in [0.25, 0.3) is 11.1 Å². The second-order valence-electron chi connectivity index (χ2n) is 7.42. The fourth-order valence-corrected chi connectivity index (χ4v) is 7.23. The van der Waals surface area contributed by atoms with E-state index in [0.29, 0.717) is 13.4 Å². The number of rotatable bonds is 2. The molecule has 2 nitrogen and oxygen atoms in total. The first-order valence-electron chi connectivity index (χ1n) is 9.42. The van der Waals surface area contributed by atoms with Crippen molar-refractivity contribution in [2.45, 2.75) is 5.41 Å². The minimum Gasteiger partial charge on any atom is -0.506 e. The SMILES string of the molecule is Oc1c(Br)cc(C2(c3cc(Br)c(O)c(I)c3)c3ccccc3-c3ccccc32)cc1Br. The fraction of sp³-hybridized carbons (Fsp3) is 0.0400. The van der Waals surface area contributed by atoms with Crippen LogP contribution in [0.5, 0.6) is 11.5 Å². The molecule has 31 heavy (non-hydrogen) atoms. The van der Waals surface area contributed by atoms with Gasteiger partial charge in [0.15, 0.2) is 0 Å². The van der Waals surface area contributed by atoms with Gasteiger partial charge in [0, 0.05) is 0 Å². The Labute approximate surface area is 218 Å². The molecule has 1 aliphatic rings. The molecule has 0 aliphatic heterocycles. The lowest BCUT2D eigenvalue weighted by atomic mass is 9.67. The standard InChI is InChI=1S/C25H14Br3IO2/c26-19-9-13(10-20(27)23(19)30)25(14-11-21(28)24(31)22(29)12-14)17-7-3-1-5-15(17)16-6-2-4-8-18(16)25/h1-12,30-31H. The Kier molecular flexibility index (Phi) is 5.48. The molecule has 0 unspecified atom stereocenters. The van der Waals surface area contributed by atoms with Crippen molar-refractivity contribution in [1.29, 1.82) is 0 Å². The van der Waals surface area contributed by atoms with Gasteiger partial charge in [-0.25, -0.2) is 0 Å². The maximum atomic E-state index is 10.4. The zero-order valence-corrected chi connectivity index (χ0v) is 22.7. The summed E-state index contributed by atoms with van der Waals surface area (Å²) in [4.78, 5) is 0. The number of aromatic hydroxyl groups is 2. The minimum absolute atomic E-state index is 0.167. The van der Waals surface area contributed by atoms with Crippen molar-refractivity contribution in [3.63, 3.8) is 0 Å². The summed E-state index contributed by atoms with van der Waals surface area (Å²) in [7, 11) is 0. The summed E-state index contributed by atoms with van der Waals surface area (Å²) in [6.07, 6.45) is 0. The van der Waals surface area contributed by atoms with Crippen molar-refractivity contribution in [2.75, 3.05) is 0 Å². The van der Waals surface area contributed by atoms with Crippen molar-refractivity contribution < 1.29 is 10.2 Å². The molecule has 0 aromatic heterocycles. The summed E-state index contributed by atoms with van der Waals surface area (Å²) in [5.74, 6) is 0.395. The van der Waals surface area contributed by atoms with Crippen LogP contribution in [0.1, 0.15) is 22.3 Å². The molecule has 0 fully saturated rings. The monoisotopic (exact) mass is 710 g/mol. The Hall–Kier alpha value is -1.35. The van der Waals surface area contributed by atoms with Crippen LogP contribution in [0.2, 0.25) is 0 Å². The zero-order valence-electron chi connectivity index (χ0n) is 15.8. The lowest BCUT2D eigenvalue weighted by molar-refractivity contribution is 0.467. The Bertz CT molecular complexity index is 1220. The molecular weight excluding hydrogens is 699 g/mol. The van der Waals surface area contributed by atoms with Crippen molar-refractivity contribution in [3.05, 3.63) is 112 Å². The van der Waals surface area contributed by atoms with Crippen LogP contribution in [0.3, 0.4) is 0 Å². The molecule has 4 aromatic rings. The third kappa shape index (κ3) is 3.13. The number of hydrogen-bond donors (Lipinski definition) is 2. The summed E-state index contributed by atoms with van der Waals surface area (Å²) in [6.45, 7) is 0. The molecule has 4 aromatic carbocycles. The van der Waals surface area contributed by atoms with Gasteiger partial charge >= 0.3 is 0 Å². The highest BCUT2D eigenvalue weighted by molar-refractivity contribution is 14.1. The van der Waals surface area contributed by atoms with E-state index >= 15 is 0 Å². The Morgan fingerprint density at radius 2 is 1.03 bits per heavy atom. The summed E-state index contributed by atoms with van der Waals surface area (Å²) in [6, 6.07) is 24.9. The average molecular weight is 713 g/mol. The van der Waals surface area contributed by atoms with Crippen molar-refractivity contribution >= 4 is 70.4 Å². The first-order chi connectivity index (χ1) is 14.9. The third-order valence-electron chi connectivity index (χ3n) is 5.85. The third-order valence-corrected chi connectivity index (χ3v) is 8.49. The van der Waals surface area contributed by atoms with Gasteiger partial charge in [0.1, 0.15) is 11.5 Å². The molecule has 0 amide bonds. The van der Waals surface area contributed by atoms with Gasteiger partial charge < -0.3 is 10.2 Å². The molecule has 0 radical (unpaired) electrons. The Morgan fingerprint density at radius 3 is 1.52 bits per heavy atom. The van der Waals surface area contributed by atoms with E-state index in [1.54, 1.807) is 0 Å². The van der Waals surface area contributed by atoms with Crippen LogP contribution >= 0.6 is 70.4 Å². The van der Waals surface area contributed by atoms with E-state index in [9.17, 15) is 10.2 Å². The van der Waals surface area contributed by atoms with Crippen LogP contribution in [0.15, 0.2) is 86.2 Å². The van der Waals surface area contributed by atoms with Gasteiger partial charge in [-0.3, -0.25) is 0 Å². The van der Waals surface area contributed by atoms with E-state index in [2.05, 4.69) is 119 Å². The summed E-state index contributed by atoms with van der Waals surface area (Å²) >= 11 is 12.8. The van der Waals surface area contributed by atoms with Gasteiger partial charge in [0.2, 0.25) is 0 Å². The number of phenols is 2. The number of halogens is 4. The molecule has 6 heteroatoms. The zero-order chi connectivity index (χ0) is 21.9. The maximum absolute atomic E-state index is 10.4. The number of hydrogen-bond acceptors (Lipinski definition) is 2. The molecule has 0 spiro atoms. The first-order valence-corrected chi connectivity index (χ1v) is 12.9. The van der Waals surface area contributed by atoms with Crippen molar-refractivity contribution in [3.8, 4) is 22.6 Å². The summed E-state index contributed by atoms with van der Waals surface area (Å²) in [5, 5.41) is 20.8.